The summed E-state index contributed by atoms with van der Waals surface area (Å²) in [6.45, 7) is 4.17. The number of amides is 1. The predicted molar refractivity (Wildman–Crippen MR) is 75.3 cm³/mol. The second-order valence-corrected chi connectivity index (χ2v) is 5.43. The van der Waals surface area contributed by atoms with E-state index in [1.165, 1.54) is 11.3 Å². The van der Waals surface area contributed by atoms with Gasteiger partial charge in [0.25, 0.3) is 5.91 Å². The molecule has 5 heteroatoms. The van der Waals surface area contributed by atoms with Crippen molar-refractivity contribution < 1.29 is 4.79 Å². The average molecular weight is 271 g/mol. The van der Waals surface area contributed by atoms with Crippen molar-refractivity contribution in [3.05, 3.63) is 46.5 Å². The van der Waals surface area contributed by atoms with Gasteiger partial charge in [0.05, 0.1) is 11.6 Å². The van der Waals surface area contributed by atoms with Crippen molar-refractivity contribution in [2.24, 2.45) is 0 Å². The molecule has 0 bridgehead atoms. The summed E-state index contributed by atoms with van der Waals surface area (Å²) < 4.78 is 0. The molecular formula is C14H13N3OS. The number of rotatable bonds is 3. The first-order chi connectivity index (χ1) is 9.10. The molecule has 0 saturated carbocycles. The summed E-state index contributed by atoms with van der Waals surface area (Å²) in [4.78, 5) is 17.3. The minimum atomic E-state index is -0.214. The lowest BCUT2D eigenvalue weighted by molar-refractivity contribution is 0.102. The Bertz CT molecular complexity index is 623. The molecule has 0 saturated heterocycles. The molecule has 0 spiro atoms. The van der Waals surface area contributed by atoms with Gasteiger partial charge in [0.1, 0.15) is 0 Å². The van der Waals surface area contributed by atoms with Crippen LogP contribution in [0.4, 0.5) is 5.13 Å². The Morgan fingerprint density at radius 2 is 2.05 bits per heavy atom. The summed E-state index contributed by atoms with van der Waals surface area (Å²) in [5.74, 6) is 0.187. The lowest BCUT2D eigenvalue weighted by Crippen LogP contribution is -2.11. The Hall–Kier alpha value is -2.19. The molecule has 96 valence electrons. The van der Waals surface area contributed by atoms with E-state index >= 15 is 0 Å². The van der Waals surface area contributed by atoms with Crippen LogP contribution in [0.3, 0.4) is 0 Å². The summed E-state index contributed by atoms with van der Waals surface area (Å²) in [5.41, 5.74) is 1.05. The van der Waals surface area contributed by atoms with Gasteiger partial charge in [-0.05, 0) is 30.2 Å². The summed E-state index contributed by atoms with van der Waals surface area (Å²) in [5, 5.41) is 12.1. The zero-order valence-corrected chi connectivity index (χ0v) is 11.5. The maximum atomic E-state index is 12.0. The van der Waals surface area contributed by atoms with Crippen LogP contribution in [0.2, 0.25) is 0 Å². The van der Waals surface area contributed by atoms with Gasteiger partial charge in [-0.2, -0.15) is 5.26 Å². The van der Waals surface area contributed by atoms with Crippen molar-refractivity contribution in [1.82, 2.24) is 4.98 Å². The van der Waals surface area contributed by atoms with Gasteiger partial charge in [0.2, 0.25) is 0 Å². The van der Waals surface area contributed by atoms with Crippen molar-refractivity contribution in [1.29, 1.82) is 5.26 Å². The summed E-state index contributed by atoms with van der Waals surface area (Å²) in [7, 11) is 0. The number of carbonyl (C=O) groups is 1. The fourth-order valence-electron chi connectivity index (χ4n) is 1.48. The van der Waals surface area contributed by atoms with E-state index in [-0.39, 0.29) is 5.91 Å². The third-order valence-electron chi connectivity index (χ3n) is 2.59. The summed E-state index contributed by atoms with van der Waals surface area (Å²) >= 11 is 1.48. The highest BCUT2D eigenvalue weighted by molar-refractivity contribution is 7.15. The van der Waals surface area contributed by atoms with E-state index in [1.807, 2.05) is 6.07 Å². The molecule has 0 fully saturated rings. The number of hydrogen-bond donors (Lipinski definition) is 1. The number of nitriles is 1. The van der Waals surface area contributed by atoms with E-state index in [2.05, 4.69) is 24.1 Å². The van der Waals surface area contributed by atoms with Crippen LogP contribution in [-0.2, 0) is 0 Å². The Labute approximate surface area is 115 Å². The van der Waals surface area contributed by atoms with Crippen molar-refractivity contribution in [2.45, 2.75) is 19.8 Å². The molecule has 4 nitrogen and oxygen atoms in total. The van der Waals surface area contributed by atoms with Crippen LogP contribution >= 0.6 is 11.3 Å². The Morgan fingerprint density at radius 3 is 2.58 bits per heavy atom. The molecule has 0 aliphatic heterocycles. The Kier molecular flexibility index (Phi) is 3.93. The summed E-state index contributed by atoms with van der Waals surface area (Å²) in [6, 6.07) is 8.52. The fraction of sp³-hybridized carbons (Fsp3) is 0.214. The molecular weight excluding hydrogens is 258 g/mol. The van der Waals surface area contributed by atoms with Gasteiger partial charge in [-0.15, -0.1) is 11.3 Å². The highest BCUT2D eigenvalue weighted by Crippen LogP contribution is 2.25. The van der Waals surface area contributed by atoms with Crippen LogP contribution in [-0.4, -0.2) is 10.9 Å². The maximum Gasteiger partial charge on any atom is 0.257 e. The number of nitrogens with one attached hydrogen (secondary N) is 1. The van der Waals surface area contributed by atoms with Gasteiger partial charge in [0, 0.05) is 16.6 Å². The predicted octanol–water partition coefficient (Wildman–Crippen LogP) is 3.39. The SMILES string of the molecule is CC(C)c1cnc(NC(=O)c2ccc(C#N)cc2)s1. The van der Waals surface area contributed by atoms with Crippen LogP contribution in [0.1, 0.15) is 40.6 Å². The lowest BCUT2D eigenvalue weighted by atomic mass is 10.1. The van der Waals surface area contributed by atoms with Gasteiger partial charge < -0.3 is 0 Å². The van der Waals surface area contributed by atoms with Crippen molar-refractivity contribution in [3.8, 4) is 6.07 Å². The Balaban J connectivity index is 2.09. The van der Waals surface area contributed by atoms with E-state index in [0.29, 0.717) is 22.2 Å². The minimum Gasteiger partial charge on any atom is -0.298 e. The quantitative estimate of drug-likeness (QED) is 0.930. The second kappa shape index (κ2) is 5.63. The van der Waals surface area contributed by atoms with Crippen molar-refractivity contribution in [3.63, 3.8) is 0 Å². The monoisotopic (exact) mass is 271 g/mol. The van der Waals surface area contributed by atoms with E-state index in [1.54, 1.807) is 30.5 Å². The topological polar surface area (TPSA) is 65.8 Å². The molecule has 0 aliphatic rings. The van der Waals surface area contributed by atoms with Gasteiger partial charge in [-0.1, -0.05) is 13.8 Å². The number of carbonyl (C=O) groups excluding carboxylic acids is 1. The molecule has 0 atom stereocenters. The highest BCUT2D eigenvalue weighted by Gasteiger charge is 2.10. The molecule has 1 N–H and O–H groups in total. The molecule has 1 amide bonds. The fourth-order valence-corrected chi connectivity index (χ4v) is 2.29. The first-order valence-corrected chi connectivity index (χ1v) is 6.69. The first-order valence-electron chi connectivity index (χ1n) is 5.87. The van der Waals surface area contributed by atoms with E-state index in [9.17, 15) is 4.79 Å². The van der Waals surface area contributed by atoms with Crippen molar-refractivity contribution in [2.75, 3.05) is 5.32 Å². The lowest BCUT2D eigenvalue weighted by Gasteiger charge is -2.01. The zero-order valence-electron chi connectivity index (χ0n) is 10.7. The molecule has 2 aromatic rings. The normalized spacial score (nSPS) is 10.2. The Morgan fingerprint density at radius 1 is 1.37 bits per heavy atom. The van der Waals surface area contributed by atoms with Gasteiger partial charge >= 0.3 is 0 Å². The number of hydrogen-bond acceptors (Lipinski definition) is 4. The number of aromatic nitrogens is 1. The highest BCUT2D eigenvalue weighted by atomic mass is 32.1. The number of benzene rings is 1. The molecule has 0 radical (unpaired) electrons. The van der Waals surface area contributed by atoms with E-state index in [4.69, 9.17) is 5.26 Å². The van der Waals surface area contributed by atoms with Crippen LogP contribution < -0.4 is 5.32 Å². The first kappa shape index (κ1) is 13.2. The molecule has 1 aromatic carbocycles. The molecule has 19 heavy (non-hydrogen) atoms. The average Bonchev–Trinajstić information content (AvgIpc) is 2.87. The van der Waals surface area contributed by atoms with Gasteiger partial charge in [0.15, 0.2) is 5.13 Å². The largest absolute Gasteiger partial charge is 0.298 e. The third-order valence-corrected chi connectivity index (χ3v) is 3.80. The zero-order chi connectivity index (χ0) is 13.8. The van der Waals surface area contributed by atoms with Gasteiger partial charge in [-0.25, -0.2) is 4.98 Å². The molecule has 0 aliphatic carbocycles. The van der Waals surface area contributed by atoms with Crippen LogP contribution in [0.5, 0.6) is 0 Å². The molecule has 1 heterocycles. The van der Waals surface area contributed by atoms with Crippen molar-refractivity contribution >= 4 is 22.4 Å². The van der Waals surface area contributed by atoms with Crippen LogP contribution in [0, 0.1) is 11.3 Å². The smallest absolute Gasteiger partial charge is 0.257 e. The number of nitrogens with zero attached hydrogens (tertiary/aromatic N) is 2. The van der Waals surface area contributed by atoms with E-state index in [0.717, 1.165) is 4.88 Å². The molecule has 1 aromatic heterocycles. The van der Waals surface area contributed by atoms with E-state index < -0.39 is 0 Å². The minimum absolute atomic E-state index is 0.214. The second-order valence-electron chi connectivity index (χ2n) is 4.37. The van der Waals surface area contributed by atoms with Gasteiger partial charge in [-0.3, -0.25) is 10.1 Å². The standard InChI is InChI=1S/C14H13N3OS/c1-9(2)12-8-16-14(19-12)17-13(18)11-5-3-10(7-15)4-6-11/h3-6,8-9H,1-2H3,(H,16,17,18). The number of thiazole rings is 1. The van der Waals surface area contributed by atoms with Crippen LogP contribution in [0.25, 0.3) is 0 Å². The number of anilines is 1. The third kappa shape index (κ3) is 3.18. The maximum absolute atomic E-state index is 12.0. The molecule has 2 rings (SSSR count). The summed E-state index contributed by atoms with van der Waals surface area (Å²) in [6.07, 6.45) is 1.78. The molecule has 0 unspecified atom stereocenters. The van der Waals surface area contributed by atoms with Crippen LogP contribution in [0.15, 0.2) is 30.5 Å².